The maximum atomic E-state index is 7.07. The molecule has 10 rings (SSSR count). The summed E-state index contributed by atoms with van der Waals surface area (Å²) in [5.74, 6) is 0. The molecule has 2 nitrogen and oxygen atoms in total. The first kappa shape index (κ1) is 29.3. The van der Waals surface area contributed by atoms with Gasteiger partial charge in [0.2, 0.25) is 0 Å². The Hall–Kier alpha value is -6.64. The minimum Gasteiger partial charge on any atom is -0.454 e. The summed E-state index contributed by atoms with van der Waals surface area (Å²) >= 11 is 0. The second kappa shape index (κ2) is 11.8. The van der Waals surface area contributed by atoms with E-state index < -0.39 is 5.41 Å². The van der Waals surface area contributed by atoms with Gasteiger partial charge in [0.25, 0.3) is 0 Å². The van der Waals surface area contributed by atoms with Gasteiger partial charge in [-0.2, -0.15) is 0 Å². The van der Waals surface area contributed by atoms with Crippen LogP contribution in [-0.4, -0.2) is 0 Å². The fourth-order valence-electron chi connectivity index (χ4n) is 8.50. The molecule has 1 aliphatic carbocycles. The third-order valence-corrected chi connectivity index (χ3v) is 10.6. The average molecular weight is 652 g/mol. The van der Waals surface area contributed by atoms with Crippen molar-refractivity contribution in [3.63, 3.8) is 0 Å². The molecule has 0 fully saturated rings. The van der Waals surface area contributed by atoms with Gasteiger partial charge in [-0.3, -0.25) is 0 Å². The average Bonchev–Trinajstić information content (AvgIpc) is 3.75. The second-order valence-electron chi connectivity index (χ2n) is 13.2. The lowest BCUT2D eigenvalue weighted by atomic mass is 9.66. The predicted octanol–water partition coefficient (Wildman–Crippen LogP) is 13.1. The molecule has 9 aromatic rings. The van der Waals surface area contributed by atoms with Crippen LogP contribution in [0.25, 0.3) is 44.2 Å². The number of furan rings is 1. The fourth-order valence-corrected chi connectivity index (χ4v) is 8.50. The molecule has 51 heavy (non-hydrogen) atoms. The quantitative estimate of drug-likeness (QED) is 0.178. The summed E-state index contributed by atoms with van der Waals surface area (Å²) in [5, 5.41) is 2.22. The highest BCUT2D eigenvalue weighted by atomic mass is 16.3. The van der Waals surface area contributed by atoms with Crippen molar-refractivity contribution in [2.24, 2.45) is 0 Å². The number of fused-ring (bicyclic) bond motifs is 6. The van der Waals surface area contributed by atoms with Gasteiger partial charge in [0.05, 0.1) is 16.8 Å². The van der Waals surface area contributed by atoms with Gasteiger partial charge >= 0.3 is 0 Å². The highest BCUT2D eigenvalue weighted by Crippen LogP contribution is 2.59. The van der Waals surface area contributed by atoms with Crippen LogP contribution < -0.4 is 4.90 Å². The molecule has 0 unspecified atom stereocenters. The van der Waals surface area contributed by atoms with Gasteiger partial charge in [-0.25, -0.2) is 0 Å². The van der Waals surface area contributed by atoms with Crippen molar-refractivity contribution < 1.29 is 4.42 Å². The summed E-state index contributed by atoms with van der Waals surface area (Å²) in [5.41, 5.74) is 14.1. The highest BCUT2D eigenvalue weighted by molar-refractivity contribution is 6.14. The lowest BCUT2D eigenvalue weighted by Crippen LogP contribution is -2.29. The summed E-state index contributed by atoms with van der Waals surface area (Å²) in [4.78, 5) is 2.36. The molecular weight excluding hydrogens is 619 g/mol. The Balaban J connectivity index is 1.34. The van der Waals surface area contributed by atoms with Crippen LogP contribution in [0.3, 0.4) is 0 Å². The molecule has 0 atom stereocenters. The lowest BCUT2D eigenvalue weighted by Gasteiger charge is -2.35. The summed E-state index contributed by atoms with van der Waals surface area (Å²) < 4.78 is 7.07. The smallest absolute Gasteiger partial charge is 0.159 e. The van der Waals surface area contributed by atoms with Gasteiger partial charge in [0.15, 0.2) is 5.58 Å². The Labute approximate surface area is 297 Å². The molecule has 0 spiro atoms. The van der Waals surface area contributed by atoms with E-state index in [1.807, 2.05) is 0 Å². The van der Waals surface area contributed by atoms with E-state index in [1.165, 1.54) is 33.4 Å². The fraction of sp³-hybridized carbons (Fsp3) is 0.0204. The molecule has 0 aliphatic heterocycles. The molecule has 1 aromatic heterocycles. The van der Waals surface area contributed by atoms with E-state index in [1.54, 1.807) is 0 Å². The van der Waals surface area contributed by atoms with Crippen LogP contribution in [0.2, 0.25) is 0 Å². The van der Waals surface area contributed by atoms with Crippen LogP contribution in [0, 0.1) is 0 Å². The normalized spacial score (nSPS) is 12.9. The Morgan fingerprint density at radius 3 is 1.65 bits per heavy atom. The Morgan fingerprint density at radius 2 is 0.941 bits per heavy atom. The molecule has 1 heterocycles. The summed E-state index contributed by atoms with van der Waals surface area (Å²) in [6, 6.07) is 72.0. The first-order chi connectivity index (χ1) is 25.3. The monoisotopic (exact) mass is 651 g/mol. The number of nitrogens with zero attached hydrogens (tertiary/aromatic N) is 1. The predicted molar refractivity (Wildman–Crippen MR) is 211 cm³/mol. The molecule has 2 heteroatoms. The van der Waals surface area contributed by atoms with Gasteiger partial charge in [0, 0.05) is 22.0 Å². The van der Waals surface area contributed by atoms with Crippen LogP contribution in [0.15, 0.2) is 205 Å². The molecule has 0 N–H and O–H groups in total. The van der Waals surface area contributed by atoms with Crippen LogP contribution in [0.5, 0.6) is 0 Å². The van der Waals surface area contributed by atoms with Crippen molar-refractivity contribution in [1.29, 1.82) is 0 Å². The van der Waals surface area contributed by atoms with Crippen molar-refractivity contribution in [1.82, 2.24) is 0 Å². The third kappa shape index (κ3) is 4.36. The molecule has 0 saturated heterocycles. The van der Waals surface area contributed by atoms with Crippen molar-refractivity contribution >= 4 is 39.0 Å². The molecular formula is C49H33NO. The SMILES string of the molecule is c1ccc(-c2ccccc2N(c2ccccc2)c2ccc(C3(c4ccccc4)c4ccccc4-c4ccccc43)c3c2oc2ccccc23)cc1. The van der Waals surface area contributed by atoms with E-state index >= 15 is 0 Å². The van der Waals surface area contributed by atoms with Crippen LogP contribution in [0.4, 0.5) is 17.1 Å². The molecule has 1 aliphatic rings. The van der Waals surface area contributed by atoms with Crippen molar-refractivity contribution in [2.75, 3.05) is 4.90 Å². The van der Waals surface area contributed by atoms with Crippen LogP contribution in [0.1, 0.15) is 22.3 Å². The molecule has 0 radical (unpaired) electrons. The van der Waals surface area contributed by atoms with E-state index in [9.17, 15) is 0 Å². The molecule has 0 bridgehead atoms. The van der Waals surface area contributed by atoms with E-state index in [-0.39, 0.29) is 0 Å². The third-order valence-electron chi connectivity index (χ3n) is 10.6. The summed E-state index contributed by atoms with van der Waals surface area (Å²) in [6.07, 6.45) is 0. The number of hydrogen-bond donors (Lipinski definition) is 0. The minimum absolute atomic E-state index is 0.572. The number of anilines is 3. The highest BCUT2D eigenvalue weighted by Gasteiger charge is 2.47. The van der Waals surface area contributed by atoms with Crippen LogP contribution in [-0.2, 0) is 5.41 Å². The maximum absolute atomic E-state index is 7.07. The number of benzene rings is 8. The van der Waals surface area contributed by atoms with Gasteiger partial charge in [-0.05, 0) is 69.3 Å². The zero-order chi connectivity index (χ0) is 33.8. The lowest BCUT2D eigenvalue weighted by molar-refractivity contribution is 0.668. The summed E-state index contributed by atoms with van der Waals surface area (Å²) in [6.45, 7) is 0. The van der Waals surface area contributed by atoms with Gasteiger partial charge in [-0.1, -0.05) is 170 Å². The zero-order valence-corrected chi connectivity index (χ0v) is 27.9. The van der Waals surface area contributed by atoms with Crippen molar-refractivity contribution in [3.05, 3.63) is 222 Å². The maximum Gasteiger partial charge on any atom is 0.159 e. The Morgan fingerprint density at radius 1 is 0.392 bits per heavy atom. The first-order valence-corrected chi connectivity index (χ1v) is 17.5. The van der Waals surface area contributed by atoms with Crippen molar-refractivity contribution in [3.8, 4) is 22.3 Å². The number of rotatable bonds is 6. The molecule has 0 amide bonds. The van der Waals surface area contributed by atoms with E-state index in [4.69, 9.17) is 4.42 Å². The van der Waals surface area contributed by atoms with Crippen LogP contribution >= 0.6 is 0 Å². The first-order valence-electron chi connectivity index (χ1n) is 17.5. The second-order valence-corrected chi connectivity index (χ2v) is 13.2. The topological polar surface area (TPSA) is 16.4 Å². The Kier molecular flexibility index (Phi) is 6.75. The minimum atomic E-state index is -0.572. The standard InChI is InChI=1S/C49H33NO/c1-4-18-34(19-5-1)37-24-12-16-30-44(37)50(36-22-8-3-9-23-36)45-33-32-43(47-40-27-13-17-31-46(40)51-48(45)47)49(35-20-6-2-7-21-35)41-28-14-10-25-38(41)39-26-11-15-29-42(39)49/h1-33H. The van der Waals surface area contributed by atoms with E-state index in [2.05, 4.69) is 205 Å². The molecule has 0 saturated carbocycles. The van der Waals surface area contributed by atoms with Crippen molar-refractivity contribution in [2.45, 2.75) is 5.41 Å². The van der Waals surface area contributed by atoms with Gasteiger partial charge in [-0.15, -0.1) is 0 Å². The van der Waals surface area contributed by atoms with Gasteiger partial charge in [0.1, 0.15) is 5.58 Å². The number of para-hydroxylation sites is 3. The number of hydrogen-bond acceptors (Lipinski definition) is 2. The zero-order valence-electron chi connectivity index (χ0n) is 27.9. The molecule has 240 valence electrons. The summed E-state index contributed by atoms with van der Waals surface area (Å²) in [7, 11) is 0. The van der Waals surface area contributed by atoms with E-state index in [0.29, 0.717) is 0 Å². The van der Waals surface area contributed by atoms with Gasteiger partial charge < -0.3 is 9.32 Å². The largest absolute Gasteiger partial charge is 0.454 e. The Bertz CT molecular complexity index is 2650. The molecule has 8 aromatic carbocycles. The van der Waals surface area contributed by atoms with E-state index in [0.717, 1.165) is 50.1 Å².